The maximum absolute atomic E-state index is 6.60. The van der Waals surface area contributed by atoms with Crippen molar-refractivity contribution in [3.63, 3.8) is 0 Å². The van der Waals surface area contributed by atoms with E-state index in [1.165, 1.54) is 11.1 Å². The number of fused-ring (bicyclic) bond motifs is 1. The van der Waals surface area contributed by atoms with Gasteiger partial charge in [0.15, 0.2) is 5.96 Å². The van der Waals surface area contributed by atoms with E-state index >= 15 is 0 Å². The van der Waals surface area contributed by atoms with Gasteiger partial charge in [0.1, 0.15) is 5.75 Å². The minimum Gasteiger partial charge on any atom is -0.493 e. The standard InChI is InChI=1S/C24H30ClN3O2/c1-2-26-23(28-21-11-14-30-22-10-6-3-7-18(21)22)27-17-24(12-15-29-16-13-24)19-8-4-5-9-20(19)25/h3-10,21H,2,11-17H2,1H3,(H2,26,27,28). The van der Waals surface area contributed by atoms with E-state index in [0.29, 0.717) is 13.2 Å². The molecule has 0 spiro atoms. The molecule has 1 atom stereocenters. The fraction of sp³-hybridized carbons (Fsp3) is 0.458. The largest absolute Gasteiger partial charge is 0.493 e. The summed E-state index contributed by atoms with van der Waals surface area (Å²) in [5.74, 6) is 1.78. The van der Waals surface area contributed by atoms with E-state index in [2.05, 4.69) is 41.8 Å². The minimum absolute atomic E-state index is 0.105. The quantitative estimate of drug-likeness (QED) is 0.546. The molecule has 6 heteroatoms. The molecule has 0 aromatic heterocycles. The van der Waals surface area contributed by atoms with Crippen LogP contribution in [-0.2, 0) is 10.2 Å². The Bertz CT molecular complexity index is 880. The molecule has 1 fully saturated rings. The first-order chi connectivity index (χ1) is 14.7. The van der Waals surface area contributed by atoms with Crippen LogP contribution < -0.4 is 15.4 Å². The first-order valence-electron chi connectivity index (χ1n) is 10.8. The van der Waals surface area contributed by atoms with Crippen molar-refractivity contribution < 1.29 is 9.47 Å². The van der Waals surface area contributed by atoms with Crippen LogP contribution in [0.3, 0.4) is 0 Å². The van der Waals surface area contributed by atoms with E-state index in [1.54, 1.807) is 0 Å². The summed E-state index contributed by atoms with van der Waals surface area (Å²) in [6.45, 7) is 5.73. The Morgan fingerprint density at radius 3 is 2.67 bits per heavy atom. The number of halogens is 1. The smallest absolute Gasteiger partial charge is 0.191 e. The third-order valence-electron chi connectivity index (χ3n) is 6.05. The van der Waals surface area contributed by atoms with Gasteiger partial charge in [-0.25, -0.2) is 0 Å². The van der Waals surface area contributed by atoms with Crippen LogP contribution in [0.2, 0.25) is 5.02 Å². The van der Waals surface area contributed by atoms with Gasteiger partial charge in [-0.2, -0.15) is 0 Å². The van der Waals surface area contributed by atoms with Gasteiger partial charge in [0, 0.05) is 42.2 Å². The number of benzene rings is 2. The van der Waals surface area contributed by atoms with Crippen molar-refractivity contribution in [1.82, 2.24) is 10.6 Å². The lowest BCUT2D eigenvalue weighted by molar-refractivity contribution is 0.0531. The van der Waals surface area contributed by atoms with Crippen LogP contribution in [-0.4, -0.2) is 38.9 Å². The highest BCUT2D eigenvalue weighted by Crippen LogP contribution is 2.39. The molecule has 2 aromatic carbocycles. The second kappa shape index (κ2) is 9.71. The first kappa shape index (κ1) is 21.0. The van der Waals surface area contributed by atoms with Crippen molar-refractivity contribution in [2.24, 2.45) is 4.99 Å². The lowest BCUT2D eigenvalue weighted by Crippen LogP contribution is -2.43. The molecule has 160 valence electrons. The van der Waals surface area contributed by atoms with Gasteiger partial charge in [-0.05, 0) is 37.5 Å². The number of nitrogens with one attached hydrogen (secondary N) is 2. The minimum atomic E-state index is -0.105. The fourth-order valence-corrected chi connectivity index (χ4v) is 4.71. The Labute approximate surface area is 183 Å². The number of aliphatic imine (C=N–C) groups is 1. The summed E-state index contributed by atoms with van der Waals surface area (Å²) in [4.78, 5) is 5.03. The topological polar surface area (TPSA) is 54.9 Å². The average molecular weight is 428 g/mol. The van der Waals surface area contributed by atoms with Crippen molar-refractivity contribution >= 4 is 17.6 Å². The number of nitrogens with zero attached hydrogens (tertiary/aromatic N) is 1. The molecule has 0 aliphatic carbocycles. The zero-order valence-corrected chi connectivity index (χ0v) is 18.3. The number of para-hydroxylation sites is 1. The molecule has 2 N–H and O–H groups in total. The van der Waals surface area contributed by atoms with Gasteiger partial charge in [-0.1, -0.05) is 48.0 Å². The number of hydrogen-bond acceptors (Lipinski definition) is 3. The Morgan fingerprint density at radius 1 is 1.10 bits per heavy atom. The Morgan fingerprint density at radius 2 is 1.87 bits per heavy atom. The molecule has 30 heavy (non-hydrogen) atoms. The lowest BCUT2D eigenvalue weighted by atomic mass is 9.74. The number of rotatable bonds is 5. The van der Waals surface area contributed by atoms with Crippen LogP contribution in [0.1, 0.15) is 43.4 Å². The normalized spacial score (nSPS) is 20.7. The van der Waals surface area contributed by atoms with Crippen LogP contribution >= 0.6 is 11.6 Å². The molecule has 2 heterocycles. The molecule has 0 radical (unpaired) electrons. The molecule has 5 nitrogen and oxygen atoms in total. The van der Waals surface area contributed by atoms with Gasteiger partial charge in [0.2, 0.25) is 0 Å². The number of hydrogen-bond donors (Lipinski definition) is 2. The van der Waals surface area contributed by atoms with E-state index in [4.69, 9.17) is 26.1 Å². The van der Waals surface area contributed by atoms with E-state index < -0.39 is 0 Å². The van der Waals surface area contributed by atoms with Crippen molar-refractivity contribution in [3.05, 3.63) is 64.7 Å². The van der Waals surface area contributed by atoms with Crippen LogP contribution in [0.25, 0.3) is 0 Å². The molecule has 1 saturated heterocycles. The van der Waals surface area contributed by atoms with Crippen molar-refractivity contribution in [3.8, 4) is 5.75 Å². The average Bonchev–Trinajstić information content (AvgIpc) is 2.79. The van der Waals surface area contributed by atoms with E-state index in [-0.39, 0.29) is 11.5 Å². The summed E-state index contributed by atoms with van der Waals surface area (Å²) in [6.07, 6.45) is 2.74. The second-order valence-electron chi connectivity index (χ2n) is 7.94. The molecule has 2 aliphatic heterocycles. The highest BCUT2D eigenvalue weighted by atomic mass is 35.5. The third kappa shape index (κ3) is 4.57. The summed E-state index contributed by atoms with van der Waals surface area (Å²) in [7, 11) is 0. The predicted molar refractivity (Wildman–Crippen MR) is 122 cm³/mol. The molecule has 4 rings (SSSR count). The Balaban J connectivity index is 1.58. The third-order valence-corrected chi connectivity index (χ3v) is 6.38. The Kier molecular flexibility index (Phi) is 6.80. The summed E-state index contributed by atoms with van der Waals surface area (Å²) in [6, 6.07) is 16.6. The number of ether oxygens (including phenoxy) is 2. The van der Waals surface area contributed by atoms with Gasteiger partial charge in [0.05, 0.1) is 19.2 Å². The maximum Gasteiger partial charge on any atom is 0.191 e. The maximum atomic E-state index is 6.60. The van der Waals surface area contributed by atoms with Gasteiger partial charge >= 0.3 is 0 Å². The van der Waals surface area contributed by atoms with Crippen LogP contribution in [0.5, 0.6) is 5.75 Å². The molecule has 0 amide bonds. The van der Waals surface area contributed by atoms with Gasteiger partial charge < -0.3 is 20.1 Å². The summed E-state index contributed by atoms with van der Waals surface area (Å²) in [5, 5.41) is 7.86. The SMILES string of the molecule is CCNC(=NCC1(c2ccccc2Cl)CCOCC1)NC1CCOc2ccccc21. The molecule has 0 bridgehead atoms. The van der Waals surface area contributed by atoms with Crippen LogP contribution in [0.4, 0.5) is 0 Å². The molecular weight excluding hydrogens is 398 g/mol. The Hall–Kier alpha value is -2.24. The van der Waals surface area contributed by atoms with E-state index in [9.17, 15) is 0 Å². The molecular formula is C24H30ClN3O2. The fourth-order valence-electron chi connectivity index (χ4n) is 4.37. The van der Waals surface area contributed by atoms with Crippen molar-refractivity contribution in [2.45, 2.75) is 37.6 Å². The monoisotopic (exact) mass is 427 g/mol. The molecule has 1 unspecified atom stereocenters. The summed E-state index contributed by atoms with van der Waals surface area (Å²) >= 11 is 6.60. The lowest BCUT2D eigenvalue weighted by Gasteiger charge is -2.37. The van der Waals surface area contributed by atoms with Crippen LogP contribution in [0, 0.1) is 0 Å². The highest BCUT2D eigenvalue weighted by Gasteiger charge is 2.36. The van der Waals surface area contributed by atoms with Gasteiger partial charge in [-0.3, -0.25) is 4.99 Å². The number of guanidine groups is 1. The van der Waals surface area contributed by atoms with Crippen LogP contribution in [0.15, 0.2) is 53.5 Å². The van der Waals surface area contributed by atoms with Crippen molar-refractivity contribution in [1.29, 1.82) is 0 Å². The first-order valence-corrected chi connectivity index (χ1v) is 11.2. The summed E-state index contributed by atoms with van der Waals surface area (Å²) < 4.78 is 11.5. The molecule has 0 saturated carbocycles. The zero-order chi connectivity index (χ0) is 20.8. The highest BCUT2D eigenvalue weighted by molar-refractivity contribution is 6.31. The van der Waals surface area contributed by atoms with Gasteiger partial charge in [-0.15, -0.1) is 0 Å². The van der Waals surface area contributed by atoms with Crippen molar-refractivity contribution in [2.75, 3.05) is 32.9 Å². The van der Waals surface area contributed by atoms with E-state index in [0.717, 1.165) is 55.8 Å². The molecule has 2 aliphatic rings. The zero-order valence-electron chi connectivity index (χ0n) is 17.5. The second-order valence-corrected chi connectivity index (χ2v) is 8.35. The summed E-state index contributed by atoms with van der Waals surface area (Å²) in [5.41, 5.74) is 2.25. The van der Waals surface area contributed by atoms with Gasteiger partial charge in [0.25, 0.3) is 0 Å². The predicted octanol–water partition coefficient (Wildman–Crippen LogP) is 4.47. The molecule has 2 aromatic rings. The van der Waals surface area contributed by atoms with E-state index in [1.807, 2.05) is 24.3 Å².